The van der Waals surface area contributed by atoms with E-state index in [2.05, 4.69) is 42.4 Å². The molecule has 0 radical (unpaired) electrons. The summed E-state index contributed by atoms with van der Waals surface area (Å²) in [6.45, 7) is 8.64. The molecule has 7 heteroatoms. The summed E-state index contributed by atoms with van der Waals surface area (Å²) in [5.74, 6) is 0.452. The lowest BCUT2D eigenvalue weighted by molar-refractivity contribution is 0.377. The highest BCUT2D eigenvalue weighted by Gasteiger charge is 2.26. The topological polar surface area (TPSA) is 97.4 Å². The molecule has 1 aliphatic carbocycles. The number of hydrogen-bond acceptors (Lipinski definition) is 5. The summed E-state index contributed by atoms with van der Waals surface area (Å²) in [4.78, 5) is 3.96. The Balaban J connectivity index is 2.07. The summed E-state index contributed by atoms with van der Waals surface area (Å²) >= 11 is 0. The van der Waals surface area contributed by atoms with Crippen LogP contribution in [0.25, 0.3) is 0 Å². The first-order valence-electron chi connectivity index (χ1n) is 8.27. The lowest BCUT2D eigenvalue weighted by Crippen LogP contribution is -2.19. The smallest absolute Gasteiger partial charge is 0.239 e. The van der Waals surface area contributed by atoms with Crippen LogP contribution >= 0.6 is 0 Å². The molecule has 1 aromatic heterocycles. The van der Waals surface area contributed by atoms with Gasteiger partial charge in [-0.3, -0.25) is 5.43 Å². The number of aromatic nitrogens is 1. The molecular weight excluding hydrogens is 336 g/mol. The molecule has 136 valence electrons. The first kappa shape index (κ1) is 19.3. The van der Waals surface area contributed by atoms with Crippen LogP contribution in [0.4, 0.5) is 5.82 Å². The third kappa shape index (κ3) is 5.24. The van der Waals surface area contributed by atoms with Crippen LogP contribution in [0.5, 0.6) is 0 Å². The van der Waals surface area contributed by atoms with E-state index in [1.54, 1.807) is 0 Å². The van der Waals surface area contributed by atoms with Crippen molar-refractivity contribution in [2.45, 2.75) is 51.9 Å². The summed E-state index contributed by atoms with van der Waals surface area (Å²) in [7, 11) is -3.73. The molecule has 6 nitrogen and oxygen atoms in total. The molecule has 1 aromatic rings. The van der Waals surface area contributed by atoms with Gasteiger partial charge in [-0.05, 0) is 62.3 Å². The Hall–Kier alpha value is -1.99. The predicted molar refractivity (Wildman–Crippen MR) is 102 cm³/mol. The molecular formula is C18H26N4O2S. The maximum absolute atomic E-state index is 11.2. The van der Waals surface area contributed by atoms with Crippen molar-refractivity contribution in [3.63, 3.8) is 0 Å². The second kappa shape index (κ2) is 7.49. The van der Waals surface area contributed by atoms with Gasteiger partial charge in [0, 0.05) is 6.20 Å². The van der Waals surface area contributed by atoms with Crippen molar-refractivity contribution in [2.24, 2.45) is 15.7 Å². The fourth-order valence-corrected chi connectivity index (χ4v) is 3.47. The van der Waals surface area contributed by atoms with Crippen LogP contribution in [0.1, 0.15) is 47.0 Å². The minimum Gasteiger partial charge on any atom is -0.261 e. The van der Waals surface area contributed by atoms with E-state index in [0.717, 1.165) is 12.1 Å². The average Bonchev–Trinajstić information content (AvgIpc) is 2.51. The zero-order valence-corrected chi connectivity index (χ0v) is 16.0. The van der Waals surface area contributed by atoms with Crippen LogP contribution < -0.4 is 10.6 Å². The third-order valence-electron chi connectivity index (χ3n) is 4.45. The highest BCUT2D eigenvalue weighted by atomic mass is 32.2. The van der Waals surface area contributed by atoms with Crippen molar-refractivity contribution in [2.75, 3.05) is 5.43 Å². The van der Waals surface area contributed by atoms with Gasteiger partial charge in [0.15, 0.2) is 0 Å². The van der Waals surface area contributed by atoms with E-state index < -0.39 is 10.0 Å². The van der Waals surface area contributed by atoms with Crippen molar-refractivity contribution < 1.29 is 8.42 Å². The Bertz CT molecular complexity index is 819. The number of sulfonamides is 1. The standard InChI is InChI=1S/C18H26N4O2S/c1-13-6-5-11-18(3,4)16(13)9-7-14(2)21-22-17-10-8-15(12-20-17)25(19,23)24/h7-10,12H,5-6,11H2,1-4H3,(H,20,22)(H2,19,23,24). The van der Waals surface area contributed by atoms with E-state index in [4.69, 9.17) is 5.14 Å². The molecule has 0 aromatic carbocycles. The van der Waals surface area contributed by atoms with E-state index >= 15 is 0 Å². The highest BCUT2D eigenvalue weighted by Crippen LogP contribution is 2.40. The molecule has 2 rings (SSSR count). The maximum Gasteiger partial charge on any atom is 0.239 e. The number of pyridine rings is 1. The van der Waals surface area contributed by atoms with Gasteiger partial charge in [0.05, 0.1) is 5.71 Å². The number of nitrogens with zero attached hydrogens (tertiary/aromatic N) is 2. The van der Waals surface area contributed by atoms with E-state index in [1.807, 2.05) is 13.0 Å². The van der Waals surface area contributed by atoms with Gasteiger partial charge in [0.25, 0.3) is 0 Å². The minimum atomic E-state index is -3.73. The second-order valence-corrected chi connectivity index (χ2v) is 8.62. The minimum absolute atomic E-state index is 0.0272. The molecule has 0 fully saturated rings. The zero-order chi connectivity index (χ0) is 18.7. The molecule has 0 saturated heterocycles. The van der Waals surface area contributed by atoms with Gasteiger partial charge >= 0.3 is 0 Å². The van der Waals surface area contributed by atoms with Gasteiger partial charge in [0.1, 0.15) is 10.7 Å². The van der Waals surface area contributed by atoms with Crippen molar-refractivity contribution in [3.8, 4) is 0 Å². The fourth-order valence-electron chi connectivity index (χ4n) is 3.01. The van der Waals surface area contributed by atoms with Crippen molar-refractivity contribution in [3.05, 3.63) is 41.6 Å². The molecule has 1 heterocycles. The molecule has 0 aliphatic heterocycles. The van der Waals surface area contributed by atoms with E-state index in [9.17, 15) is 8.42 Å². The van der Waals surface area contributed by atoms with E-state index in [1.165, 1.54) is 42.3 Å². The molecule has 0 amide bonds. The maximum atomic E-state index is 11.2. The van der Waals surface area contributed by atoms with Crippen LogP contribution in [-0.2, 0) is 10.0 Å². The number of rotatable bonds is 5. The van der Waals surface area contributed by atoms with Crippen molar-refractivity contribution in [1.82, 2.24) is 4.98 Å². The highest BCUT2D eigenvalue weighted by molar-refractivity contribution is 7.89. The van der Waals surface area contributed by atoms with Gasteiger partial charge in [-0.2, -0.15) is 5.10 Å². The van der Waals surface area contributed by atoms with Crippen LogP contribution in [0.2, 0.25) is 0 Å². The van der Waals surface area contributed by atoms with Gasteiger partial charge in [0.2, 0.25) is 10.0 Å². The van der Waals surface area contributed by atoms with Crippen LogP contribution in [0.3, 0.4) is 0 Å². The summed E-state index contributed by atoms with van der Waals surface area (Å²) in [5.41, 5.74) is 6.63. The number of nitrogens with two attached hydrogens (primary N) is 1. The van der Waals surface area contributed by atoms with Gasteiger partial charge in [-0.1, -0.05) is 25.5 Å². The Morgan fingerprint density at radius 1 is 1.40 bits per heavy atom. The summed E-state index contributed by atoms with van der Waals surface area (Å²) < 4.78 is 22.4. The monoisotopic (exact) mass is 362 g/mol. The van der Waals surface area contributed by atoms with E-state index in [0.29, 0.717) is 5.82 Å². The SMILES string of the molecule is CC(C=CC1=C(C)CCCC1(C)C)=NNc1ccc(S(N)(=O)=O)cn1. The number of nitrogens with one attached hydrogen (secondary N) is 1. The molecule has 25 heavy (non-hydrogen) atoms. The Morgan fingerprint density at radius 3 is 2.68 bits per heavy atom. The second-order valence-electron chi connectivity index (χ2n) is 7.05. The summed E-state index contributed by atoms with van der Waals surface area (Å²) in [6, 6.07) is 2.92. The fraction of sp³-hybridized carbons (Fsp3) is 0.444. The lowest BCUT2D eigenvalue weighted by atomic mass is 9.72. The van der Waals surface area contributed by atoms with Gasteiger partial charge in [-0.25, -0.2) is 18.5 Å². The number of hydrogen-bond donors (Lipinski definition) is 2. The molecule has 0 atom stereocenters. The number of primary sulfonamides is 1. The number of anilines is 1. The molecule has 3 N–H and O–H groups in total. The molecule has 0 spiro atoms. The molecule has 0 unspecified atom stereocenters. The van der Waals surface area contributed by atoms with Crippen molar-refractivity contribution >= 4 is 21.6 Å². The summed E-state index contributed by atoms with van der Waals surface area (Å²) in [6.07, 6.45) is 8.92. The molecule has 0 bridgehead atoms. The lowest BCUT2D eigenvalue weighted by Gasteiger charge is -2.32. The van der Waals surface area contributed by atoms with Gasteiger partial charge in [-0.15, -0.1) is 0 Å². The van der Waals surface area contributed by atoms with Crippen LogP contribution in [0.15, 0.2) is 51.6 Å². The molecule has 1 aliphatic rings. The number of allylic oxidation sites excluding steroid dienone is 4. The predicted octanol–water partition coefficient (Wildman–Crippen LogP) is 3.60. The Morgan fingerprint density at radius 2 is 2.12 bits per heavy atom. The Labute approximate surface area is 150 Å². The van der Waals surface area contributed by atoms with E-state index in [-0.39, 0.29) is 10.3 Å². The first-order valence-corrected chi connectivity index (χ1v) is 9.82. The third-order valence-corrected chi connectivity index (χ3v) is 5.34. The van der Waals surface area contributed by atoms with Crippen LogP contribution in [0, 0.1) is 5.41 Å². The van der Waals surface area contributed by atoms with Crippen LogP contribution in [-0.4, -0.2) is 19.1 Å². The summed E-state index contributed by atoms with van der Waals surface area (Å²) in [5, 5.41) is 9.30. The largest absolute Gasteiger partial charge is 0.261 e. The Kier molecular flexibility index (Phi) is 5.80. The average molecular weight is 362 g/mol. The number of hydrazone groups is 1. The quantitative estimate of drug-likeness (QED) is 0.618. The first-order chi connectivity index (χ1) is 11.6. The molecule has 0 saturated carbocycles. The normalized spacial score (nSPS) is 18.7. The zero-order valence-electron chi connectivity index (χ0n) is 15.2. The van der Waals surface area contributed by atoms with Crippen molar-refractivity contribution in [1.29, 1.82) is 0 Å². The van der Waals surface area contributed by atoms with Gasteiger partial charge < -0.3 is 0 Å².